The lowest BCUT2D eigenvalue weighted by molar-refractivity contribution is -0.384. The van der Waals surface area contributed by atoms with Crippen LogP contribution in [0.25, 0.3) is 11.0 Å². The van der Waals surface area contributed by atoms with E-state index in [2.05, 4.69) is 5.16 Å². The average molecular weight is 379 g/mol. The monoisotopic (exact) mass is 379 g/mol. The second kappa shape index (κ2) is 6.86. The Balaban J connectivity index is 2.57. The van der Waals surface area contributed by atoms with Crippen molar-refractivity contribution in [3.8, 4) is 0 Å². The fourth-order valence-corrected chi connectivity index (χ4v) is 2.05. The van der Waals surface area contributed by atoms with Gasteiger partial charge in [0.1, 0.15) is 11.2 Å². The van der Waals surface area contributed by atoms with Gasteiger partial charge in [-0.05, 0) is 47.6 Å². The van der Waals surface area contributed by atoms with Gasteiger partial charge >= 0.3 is 12.2 Å². The van der Waals surface area contributed by atoms with Crippen molar-refractivity contribution in [2.45, 2.75) is 52.7 Å². The van der Waals surface area contributed by atoms with Gasteiger partial charge in [0.15, 0.2) is 11.4 Å². The van der Waals surface area contributed by atoms with Crippen LogP contribution in [-0.4, -0.2) is 33.5 Å². The molecule has 0 aliphatic heterocycles. The normalized spacial score (nSPS) is 11.9. The standard InChI is InChI=1S/C17H21N3O7/c1-16(2,3)25-14(21)19(15(22)26-17(4,5)6)13-11-9-10(20(23)24)7-8-12(11)27-18-13/h7-9H,1-6H3. The first kappa shape index (κ1) is 20.1. The summed E-state index contributed by atoms with van der Waals surface area (Å²) in [5, 5.41) is 14.9. The van der Waals surface area contributed by atoms with Crippen molar-refractivity contribution < 1.29 is 28.5 Å². The summed E-state index contributed by atoms with van der Waals surface area (Å²) in [6.07, 6.45) is -2.09. The summed E-state index contributed by atoms with van der Waals surface area (Å²) < 4.78 is 15.6. The van der Waals surface area contributed by atoms with Crippen molar-refractivity contribution in [2.24, 2.45) is 0 Å². The van der Waals surface area contributed by atoms with Crippen LogP contribution in [0.5, 0.6) is 0 Å². The number of hydrogen-bond donors (Lipinski definition) is 0. The summed E-state index contributed by atoms with van der Waals surface area (Å²) in [5.41, 5.74) is -1.89. The highest BCUT2D eigenvalue weighted by molar-refractivity contribution is 6.13. The molecule has 1 aromatic heterocycles. The van der Waals surface area contributed by atoms with Crippen molar-refractivity contribution in [1.82, 2.24) is 5.16 Å². The van der Waals surface area contributed by atoms with E-state index in [1.54, 1.807) is 41.5 Å². The molecule has 0 aliphatic rings. The molecule has 0 atom stereocenters. The van der Waals surface area contributed by atoms with Crippen LogP contribution < -0.4 is 4.90 Å². The molecule has 0 radical (unpaired) electrons. The number of nitro groups is 1. The first-order chi connectivity index (χ1) is 12.3. The number of carbonyl (C=O) groups is 2. The van der Waals surface area contributed by atoms with E-state index in [0.29, 0.717) is 4.90 Å². The maximum atomic E-state index is 12.6. The summed E-state index contributed by atoms with van der Waals surface area (Å²) in [5.74, 6) is -0.253. The topological polar surface area (TPSA) is 125 Å². The minimum absolute atomic E-state index is 0.0981. The number of ether oxygens (including phenoxy) is 2. The number of nitro benzene ring substituents is 1. The lowest BCUT2D eigenvalue weighted by Crippen LogP contribution is -2.44. The van der Waals surface area contributed by atoms with Gasteiger partial charge in [0.2, 0.25) is 0 Å². The molecule has 0 N–H and O–H groups in total. The van der Waals surface area contributed by atoms with Crippen LogP contribution >= 0.6 is 0 Å². The third-order valence-electron chi connectivity index (χ3n) is 3.01. The van der Waals surface area contributed by atoms with Gasteiger partial charge in [0, 0.05) is 12.1 Å². The molecule has 0 spiro atoms. The van der Waals surface area contributed by atoms with Gasteiger partial charge in [-0.15, -0.1) is 0 Å². The Bertz CT molecular complexity index is 862. The van der Waals surface area contributed by atoms with Crippen molar-refractivity contribution in [3.63, 3.8) is 0 Å². The van der Waals surface area contributed by atoms with Gasteiger partial charge in [-0.3, -0.25) is 10.1 Å². The minimum atomic E-state index is -1.04. The van der Waals surface area contributed by atoms with Crippen LogP contribution in [0.1, 0.15) is 41.5 Å². The number of imide groups is 1. The largest absolute Gasteiger partial charge is 0.443 e. The second-order valence-electron chi connectivity index (χ2n) is 7.74. The highest BCUT2D eigenvalue weighted by Crippen LogP contribution is 2.31. The number of aromatic nitrogens is 1. The zero-order chi connectivity index (χ0) is 20.6. The lowest BCUT2D eigenvalue weighted by Gasteiger charge is -2.27. The van der Waals surface area contributed by atoms with Crippen LogP contribution in [0.15, 0.2) is 22.7 Å². The molecule has 2 rings (SSSR count). The van der Waals surface area contributed by atoms with Gasteiger partial charge in [-0.1, -0.05) is 5.16 Å². The molecule has 0 saturated carbocycles. The Morgan fingerprint density at radius 1 is 1.07 bits per heavy atom. The number of fused-ring (bicyclic) bond motifs is 1. The number of nitrogens with zero attached hydrogens (tertiary/aromatic N) is 3. The van der Waals surface area contributed by atoms with Gasteiger partial charge in [-0.25, -0.2) is 9.59 Å². The van der Waals surface area contributed by atoms with Gasteiger partial charge in [0.25, 0.3) is 5.69 Å². The van der Waals surface area contributed by atoms with Crippen molar-refractivity contribution in [1.29, 1.82) is 0 Å². The Labute approximate surface area is 155 Å². The Morgan fingerprint density at radius 2 is 1.59 bits per heavy atom. The zero-order valence-electron chi connectivity index (χ0n) is 15.9. The first-order valence-corrected chi connectivity index (χ1v) is 8.08. The molecule has 0 fully saturated rings. The van der Waals surface area contributed by atoms with E-state index in [9.17, 15) is 19.7 Å². The minimum Gasteiger partial charge on any atom is -0.443 e. The van der Waals surface area contributed by atoms with Crippen molar-refractivity contribution in [3.05, 3.63) is 28.3 Å². The van der Waals surface area contributed by atoms with Crippen LogP contribution in [0, 0.1) is 10.1 Å². The zero-order valence-corrected chi connectivity index (χ0v) is 15.9. The molecular weight excluding hydrogens is 358 g/mol. The van der Waals surface area contributed by atoms with Gasteiger partial charge < -0.3 is 14.0 Å². The molecule has 1 aromatic carbocycles. The number of rotatable bonds is 2. The van der Waals surface area contributed by atoms with Crippen LogP contribution in [0.3, 0.4) is 0 Å². The van der Waals surface area contributed by atoms with Gasteiger partial charge in [-0.2, -0.15) is 4.90 Å². The highest BCUT2D eigenvalue weighted by atomic mass is 16.6. The van der Waals surface area contributed by atoms with Gasteiger partial charge in [0.05, 0.1) is 10.3 Å². The first-order valence-electron chi connectivity index (χ1n) is 8.08. The van der Waals surface area contributed by atoms with Crippen LogP contribution in [0.2, 0.25) is 0 Å². The molecule has 2 amide bonds. The van der Waals surface area contributed by atoms with E-state index in [4.69, 9.17) is 14.0 Å². The smallest absolute Gasteiger partial charge is 0.425 e. The fraction of sp³-hybridized carbons (Fsp3) is 0.471. The molecule has 1 heterocycles. The number of hydrogen-bond acceptors (Lipinski definition) is 8. The third kappa shape index (κ3) is 4.93. The molecule has 27 heavy (non-hydrogen) atoms. The predicted octanol–water partition coefficient (Wildman–Crippen LogP) is 4.41. The molecule has 0 saturated heterocycles. The molecule has 10 nitrogen and oxygen atoms in total. The number of benzene rings is 1. The summed E-state index contributed by atoms with van der Waals surface area (Å²) in [7, 11) is 0. The van der Waals surface area contributed by atoms with E-state index in [1.165, 1.54) is 12.1 Å². The maximum Gasteiger partial charge on any atom is 0.425 e. The summed E-state index contributed by atoms with van der Waals surface area (Å²) in [4.78, 5) is 36.3. The van der Waals surface area contributed by atoms with Crippen LogP contribution in [-0.2, 0) is 9.47 Å². The number of anilines is 1. The molecule has 146 valence electrons. The maximum absolute atomic E-state index is 12.6. The Morgan fingerprint density at radius 3 is 2.04 bits per heavy atom. The van der Waals surface area contributed by atoms with E-state index in [1.807, 2.05) is 0 Å². The average Bonchev–Trinajstić information content (AvgIpc) is 2.86. The molecule has 10 heteroatoms. The predicted molar refractivity (Wildman–Crippen MR) is 95.6 cm³/mol. The molecular formula is C17H21N3O7. The number of carbonyl (C=O) groups excluding carboxylic acids is 2. The SMILES string of the molecule is CC(C)(C)OC(=O)N(C(=O)OC(C)(C)C)c1noc2ccc([N+](=O)[O-])cc12. The number of amides is 2. The molecule has 0 bridgehead atoms. The quantitative estimate of drug-likeness (QED) is 0.555. The summed E-state index contributed by atoms with van der Waals surface area (Å²) in [6, 6.07) is 3.71. The molecule has 0 unspecified atom stereocenters. The summed E-state index contributed by atoms with van der Waals surface area (Å²) >= 11 is 0. The lowest BCUT2D eigenvalue weighted by atomic mass is 10.2. The second-order valence-corrected chi connectivity index (χ2v) is 7.74. The van der Waals surface area contributed by atoms with E-state index in [0.717, 1.165) is 6.07 Å². The number of non-ortho nitro benzene ring substituents is 1. The van der Waals surface area contributed by atoms with E-state index < -0.39 is 28.3 Å². The van der Waals surface area contributed by atoms with E-state index >= 15 is 0 Å². The molecule has 0 aliphatic carbocycles. The fourth-order valence-electron chi connectivity index (χ4n) is 2.05. The highest BCUT2D eigenvalue weighted by Gasteiger charge is 2.36. The Kier molecular flexibility index (Phi) is 5.12. The van der Waals surface area contributed by atoms with Crippen molar-refractivity contribution >= 4 is 34.7 Å². The summed E-state index contributed by atoms with van der Waals surface area (Å²) in [6.45, 7) is 9.77. The third-order valence-corrected chi connectivity index (χ3v) is 3.01. The molecule has 2 aromatic rings. The van der Waals surface area contributed by atoms with E-state index in [-0.39, 0.29) is 22.5 Å². The van der Waals surface area contributed by atoms with Crippen LogP contribution in [0.4, 0.5) is 21.1 Å². The Hall–Kier alpha value is -3.17. The van der Waals surface area contributed by atoms with Crippen molar-refractivity contribution in [2.75, 3.05) is 4.90 Å².